The summed E-state index contributed by atoms with van der Waals surface area (Å²) >= 11 is 0. The molecule has 2 nitrogen and oxygen atoms in total. The molecule has 382 valence electrons. The van der Waals surface area contributed by atoms with E-state index in [-0.39, 0.29) is 10.8 Å². The fraction of sp³-hybridized carbons (Fsp3) is 0.0769. The lowest BCUT2D eigenvalue weighted by Gasteiger charge is -2.36. The Morgan fingerprint density at radius 3 is 1.27 bits per heavy atom. The molecule has 2 aliphatic rings. The molecule has 0 heterocycles. The molecule has 0 fully saturated rings. The van der Waals surface area contributed by atoms with Crippen molar-refractivity contribution in [2.24, 2.45) is 0 Å². The van der Waals surface area contributed by atoms with E-state index in [0.717, 1.165) is 61.9 Å². The van der Waals surface area contributed by atoms with Crippen LogP contribution in [0.2, 0.25) is 0 Å². The topological polar surface area (TPSA) is 6.48 Å². The minimum Gasteiger partial charge on any atom is -0.310 e. The second-order valence-corrected chi connectivity index (χ2v) is 22.5. The average Bonchev–Trinajstić information content (AvgIpc) is 3.95. The number of hydrogen-bond donors (Lipinski definition) is 0. The number of nitrogens with zero attached hydrogens (tertiary/aromatic N) is 2. The van der Waals surface area contributed by atoms with E-state index < -0.39 is 0 Å². The van der Waals surface area contributed by atoms with Gasteiger partial charge in [0.15, 0.2) is 0 Å². The molecule has 80 heavy (non-hydrogen) atoms. The molecule has 0 aromatic heterocycles. The lowest BCUT2D eigenvalue weighted by atomic mass is 9.80. The van der Waals surface area contributed by atoms with Crippen LogP contribution in [0.3, 0.4) is 0 Å². The summed E-state index contributed by atoms with van der Waals surface area (Å²) in [7, 11) is 0. The van der Waals surface area contributed by atoms with Crippen molar-refractivity contribution < 1.29 is 0 Å². The zero-order chi connectivity index (χ0) is 54.0. The predicted molar refractivity (Wildman–Crippen MR) is 338 cm³/mol. The van der Waals surface area contributed by atoms with Crippen molar-refractivity contribution in [3.05, 3.63) is 313 Å². The van der Waals surface area contributed by atoms with Crippen molar-refractivity contribution in [2.75, 3.05) is 9.80 Å². The van der Waals surface area contributed by atoms with Gasteiger partial charge in [0.05, 0.1) is 17.1 Å². The van der Waals surface area contributed by atoms with E-state index in [1.165, 1.54) is 72.3 Å². The van der Waals surface area contributed by atoms with Gasteiger partial charge in [-0.05, 0) is 161 Å². The summed E-state index contributed by atoms with van der Waals surface area (Å²) in [6.45, 7) is 9.61. The summed E-state index contributed by atoms with van der Waals surface area (Å²) in [6.07, 6.45) is 0. The van der Waals surface area contributed by atoms with Gasteiger partial charge in [-0.2, -0.15) is 0 Å². The maximum atomic E-state index is 2.60. The number of rotatable bonds is 11. The van der Waals surface area contributed by atoms with E-state index in [9.17, 15) is 0 Å². The summed E-state index contributed by atoms with van der Waals surface area (Å²) in [5, 5.41) is 0. The van der Waals surface area contributed by atoms with Gasteiger partial charge < -0.3 is 9.80 Å². The Kier molecular flexibility index (Phi) is 11.9. The van der Waals surface area contributed by atoms with Crippen LogP contribution in [-0.2, 0) is 10.8 Å². The second-order valence-electron chi connectivity index (χ2n) is 22.5. The second kappa shape index (κ2) is 19.6. The maximum absolute atomic E-state index is 2.60. The Morgan fingerprint density at radius 1 is 0.225 bits per heavy atom. The fourth-order valence-corrected chi connectivity index (χ4v) is 13.1. The molecule has 0 N–H and O–H groups in total. The van der Waals surface area contributed by atoms with E-state index in [1.54, 1.807) is 0 Å². The molecular weight excluding hydrogens is 965 g/mol. The van der Waals surface area contributed by atoms with Gasteiger partial charge >= 0.3 is 0 Å². The lowest BCUT2D eigenvalue weighted by molar-refractivity contribution is 0.660. The first-order valence-electron chi connectivity index (χ1n) is 28.0. The summed E-state index contributed by atoms with van der Waals surface area (Å²) in [5.41, 5.74) is 27.9. The minimum atomic E-state index is -0.327. The molecule has 0 spiro atoms. The van der Waals surface area contributed by atoms with Crippen molar-refractivity contribution in [3.63, 3.8) is 0 Å². The Balaban J connectivity index is 1.13. The highest BCUT2D eigenvalue weighted by Gasteiger charge is 2.40. The fourth-order valence-electron chi connectivity index (χ4n) is 13.1. The predicted octanol–water partition coefficient (Wildman–Crippen LogP) is 21.6. The van der Waals surface area contributed by atoms with E-state index in [1.807, 2.05) is 0 Å². The van der Waals surface area contributed by atoms with Crippen molar-refractivity contribution in [2.45, 2.75) is 38.5 Å². The third-order valence-electron chi connectivity index (χ3n) is 17.0. The van der Waals surface area contributed by atoms with Gasteiger partial charge in [-0.25, -0.2) is 0 Å². The van der Waals surface area contributed by atoms with Crippen LogP contribution >= 0.6 is 0 Å². The van der Waals surface area contributed by atoms with Crippen LogP contribution in [0, 0.1) is 0 Å². The Morgan fingerprint density at radius 2 is 0.637 bits per heavy atom. The number of benzene rings is 12. The molecule has 0 atom stereocenters. The van der Waals surface area contributed by atoms with Gasteiger partial charge in [0, 0.05) is 33.5 Å². The highest BCUT2D eigenvalue weighted by Crippen LogP contribution is 2.58. The van der Waals surface area contributed by atoms with Crippen molar-refractivity contribution in [1.82, 2.24) is 0 Å². The summed E-state index contributed by atoms with van der Waals surface area (Å²) in [6, 6.07) is 108. The Bertz CT molecular complexity index is 4270. The highest BCUT2D eigenvalue weighted by atomic mass is 15.2. The van der Waals surface area contributed by atoms with Gasteiger partial charge in [0.25, 0.3) is 0 Å². The van der Waals surface area contributed by atoms with E-state index >= 15 is 0 Å². The standard InChI is InChI=1S/C78H60N2/c1-77(2)69-39-19-17-36-65(69)67-47-44-60(50-71(67)77)75-73(79(62-33-15-8-16-34-62)64-35-22-32-59(49-64)55-28-13-7-14-29-55)51-61(58-31-21-30-57(48-58)54-26-11-6-12-27-54)52-74(75)80(63-45-42-56(43-46-63)53-24-9-5-10-25-53)72-41-23-38-68-66-37-18-20-40-70(66)78(3,4)76(68)72/h5-52H,1-4H3. The molecule has 0 saturated carbocycles. The van der Waals surface area contributed by atoms with E-state index in [4.69, 9.17) is 0 Å². The zero-order valence-electron chi connectivity index (χ0n) is 45.6. The third-order valence-corrected chi connectivity index (χ3v) is 17.0. The van der Waals surface area contributed by atoms with Gasteiger partial charge in [-0.1, -0.05) is 252 Å². The van der Waals surface area contributed by atoms with Gasteiger partial charge in [0.2, 0.25) is 0 Å². The summed E-state index contributed by atoms with van der Waals surface area (Å²) in [4.78, 5) is 5.11. The normalized spacial score (nSPS) is 13.2. The van der Waals surface area contributed by atoms with Crippen LogP contribution in [0.1, 0.15) is 49.9 Å². The summed E-state index contributed by atoms with van der Waals surface area (Å²) in [5.74, 6) is 0. The SMILES string of the molecule is CC1(C)c2ccccc2-c2ccc(-c3c(N(c4ccccc4)c4cccc(-c5ccccc5)c4)cc(-c4cccc(-c5ccccc5)c4)cc3N(c3ccc(-c4ccccc4)cc3)c3cccc4c3C(C)(C)c3ccccc3-4)cc21. The number of para-hydroxylation sites is 1. The third kappa shape index (κ3) is 8.26. The molecule has 0 radical (unpaired) electrons. The molecule has 2 heteroatoms. The Hall–Kier alpha value is -9.76. The van der Waals surface area contributed by atoms with Crippen LogP contribution < -0.4 is 9.80 Å². The van der Waals surface area contributed by atoms with Crippen molar-refractivity contribution in [3.8, 4) is 77.9 Å². The summed E-state index contributed by atoms with van der Waals surface area (Å²) < 4.78 is 0. The first-order valence-corrected chi connectivity index (χ1v) is 28.0. The molecule has 0 unspecified atom stereocenters. The quantitative estimate of drug-likeness (QED) is 0.127. The highest BCUT2D eigenvalue weighted by molar-refractivity contribution is 6.04. The zero-order valence-corrected chi connectivity index (χ0v) is 45.6. The van der Waals surface area contributed by atoms with E-state index in [2.05, 4.69) is 329 Å². The van der Waals surface area contributed by atoms with Crippen molar-refractivity contribution in [1.29, 1.82) is 0 Å². The Labute approximate surface area is 471 Å². The number of anilines is 6. The van der Waals surface area contributed by atoms with Crippen LogP contribution in [0.25, 0.3) is 77.9 Å². The average molecular weight is 1030 g/mol. The van der Waals surface area contributed by atoms with Gasteiger partial charge in [0.1, 0.15) is 0 Å². The molecule has 12 aromatic rings. The van der Waals surface area contributed by atoms with Crippen molar-refractivity contribution >= 4 is 34.1 Å². The molecule has 12 aromatic carbocycles. The monoisotopic (exact) mass is 1020 g/mol. The largest absolute Gasteiger partial charge is 0.310 e. The molecule has 14 rings (SSSR count). The van der Waals surface area contributed by atoms with Crippen LogP contribution in [-0.4, -0.2) is 0 Å². The van der Waals surface area contributed by atoms with Crippen LogP contribution in [0.5, 0.6) is 0 Å². The number of fused-ring (bicyclic) bond motifs is 6. The molecule has 2 aliphatic carbocycles. The lowest BCUT2D eigenvalue weighted by Crippen LogP contribution is -2.22. The smallest absolute Gasteiger partial charge is 0.0567 e. The first-order chi connectivity index (χ1) is 39.2. The molecule has 0 amide bonds. The van der Waals surface area contributed by atoms with Crippen LogP contribution in [0.4, 0.5) is 34.1 Å². The van der Waals surface area contributed by atoms with E-state index in [0.29, 0.717) is 0 Å². The first kappa shape index (κ1) is 48.6. The molecule has 0 aliphatic heterocycles. The molecule has 0 bridgehead atoms. The van der Waals surface area contributed by atoms with Gasteiger partial charge in [-0.3, -0.25) is 0 Å². The van der Waals surface area contributed by atoms with Crippen LogP contribution in [0.15, 0.2) is 291 Å². The van der Waals surface area contributed by atoms with Gasteiger partial charge in [-0.15, -0.1) is 0 Å². The number of hydrogen-bond acceptors (Lipinski definition) is 2. The molecule has 0 saturated heterocycles. The minimum absolute atomic E-state index is 0.244. The maximum Gasteiger partial charge on any atom is 0.0567 e. The molecular formula is C78H60N2.